The van der Waals surface area contributed by atoms with E-state index in [1.807, 2.05) is 19.9 Å². The number of hydrogen-bond donors (Lipinski definition) is 1. The second kappa shape index (κ2) is 12.6. The Morgan fingerprint density at radius 3 is 2.53 bits per heavy atom. The number of aldehydes is 1. The van der Waals surface area contributed by atoms with Gasteiger partial charge in [-0.2, -0.15) is 10.4 Å². The average molecular weight is 632 g/mol. The Balaban J connectivity index is 1.29. The zero-order chi connectivity index (χ0) is 33.3. The highest BCUT2D eigenvalue weighted by Gasteiger charge is 2.30. The van der Waals surface area contributed by atoms with Crippen LogP contribution in [0, 0.1) is 11.3 Å². The minimum absolute atomic E-state index is 0.140. The summed E-state index contributed by atoms with van der Waals surface area (Å²) in [6.45, 7) is 6.03. The Morgan fingerprint density at radius 1 is 1.04 bits per heavy atom. The lowest BCUT2D eigenvalue weighted by molar-refractivity contribution is 0.0302. The molecule has 2 amide bonds. The van der Waals surface area contributed by atoms with Crippen LogP contribution in [-0.2, 0) is 23.6 Å². The summed E-state index contributed by atoms with van der Waals surface area (Å²) in [5.74, 6) is -0.0367. The topological polar surface area (TPSA) is 151 Å². The first-order valence-corrected chi connectivity index (χ1v) is 15.2. The van der Waals surface area contributed by atoms with Gasteiger partial charge in [0.05, 0.1) is 41.6 Å². The van der Waals surface area contributed by atoms with Gasteiger partial charge in [-0.25, -0.2) is 9.67 Å². The molecule has 0 bridgehead atoms. The number of nitrogens with one attached hydrogen (secondary N) is 1. The lowest BCUT2D eigenvalue weighted by Gasteiger charge is -2.31. The zero-order valence-electron chi connectivity index (χ0n) is 26.3. The van der Waals surface area contributed by atoms with Crippen molar-refractivity contribution in [1.82, 2.24) is 19.7 Å². The highest BCUT2D eigenvalue weighted by Crippen LogP contribution is 2.34. The van der Waals surface area contributed by atoms with Crippen LogP contribution < -0.4 is 15.8 Å². The highest BCUT2D eigenvalue weighted by molar-refractivity contribution is 6.11. The number of nitrogens with zero attached hydrogens (tertiary/aromatic N) is 6. The number of fused-ring (bicyclic) bond motifs is 1. The summed E-state index contributed by atoms with van der Waals surface area (Å²) in [5.41, 5.74) is 3.18. The van der Waals surface area contributed by atoms with Crippen LogP contribution in [-0.4, -0.2) is 70.6 Å². The van der Waals surface area contributed by atoms with E-state index in [1.165, 1.54) is 19.3 Å². The Kier molecular flexibility index (Phi) is 8.40. The predicted octanol–water partition coefficient (Wildman–Crippen LogP) is 3.87. The minimum Gasteiger partial charge on any atom is -0.378 e. The van der Waals surface area contributed by atoms with Crippen molar-refractivity contribution in [2.45, 2.75) is 25.7 Å². The van der Waals surface area contributed by atoms with Crippen LogP contribution in [0.4, 0.5) is 17.2 Å². The monoisotopic (exact) mass is 631 g/mol. The molecule has 0 spiro atoms. The number of carbonyl (C=O) groups excluding carboxylic acids is 3. The molecule has 0 saturated carbocycles. The quantitative estimate of drug-likeness (QED) is 0.300. The predicted molar refractivity (Wildman–Crippen MR) is 175 cm³/mol. The smallest absolute Gasteiger partial charge is 0.290 e. The van der Waals surface area contributed by atoms with Gasteiger partial charge in [-0.3, -0.25) is 19.2 Å². The number of pyridine rings is 1. The van der Waals surface area contributed by atoms with E-state index in [1.54, 1.807) is 52.3 Å². The minimum atomic E-state index is -0.688. The molecular formula is C35H33N7O5. The van der Waals surface area contributed by atoms with Crippen molar-refractivity contribution in [2.75, 3.05) is 43.1 Å². The summed E-state index contributed by atoms with van der Waals surface area (Å²) in [6, 6.07) is 17.7. The summed E-state index contributed by atoms with van der Waals surface area (Å²) in [4.78, 5) is 59.8. The summed E-state index contributed by atoms with van der Waals surface area (Å²) in [7, 11) is 1.51. The van der Waals surface area contributed by atoms with Crippen LogP contribution in [0.25, 0.3) is 11.3 Å². The van der Waals surface area contributed by atoms with Gasteiger partial charge in [-0.15, -0.1) is 0 Å². The van der Waals surface area contributed by atoms with E-state index in [9.17, 15) is 24.4 Å². The van der Waals surface area contributed by atoms with Crippen molar-refractivity contribution in [1.29, 1.82) is 5.26 Å². The van der Waals surface area contributed by atoms with Gasteiger partial charge < -0.3 is 19.9 Å². The van der Waals surface area contributed by atoms with Gasteiger partial charge in [-0.1, -0.05) is 24.3 Å². The standard InChI is InChI=1S/C35H33N7O5/c1-35(2,21-36)24-8-9-25-22(17-24)11-12-42(33(25)45)30-6-4-5-26(27(30)20-43)28-18-29(34(46)40(3)39-28)38-31-10-7-23(19-37-31)32(44)41-13-15-47-16-14-41/h4-10,17-20H,11-16H2,1-3H3,(H,37,38). The van der Waals surface area contributed by atoms with Gasteiger partial charge in [0.1, 0.15) is 11.5 Å². The van der Waals surface area contributed by atoms with E-state index in [0.29, 0.717) is 79.4 Å². The number of morpholine rings is 1. The maximum absolute atomic E-state index is 13.7. The molecule has 4 aromatic rings. The lowest BCUT2D eigenvalue weighted by atomic mass is 9.83. The zero-order valence-corrected chi connectivity index (χ0v) is 26.3. The van der Waals surface area contributed by atoms with E-state index in [4.69, 9.17) is 4.74 Å². The first-order valence-electron chi connectivity index (χ1n) is 15.2. The molecule has 2 aromatic heterocycles. The Morgan fingerprint density at radius 2 is 1.83 bits per heavy atom. The van der Waals surface area contributed by atoms with Crippen LogP contribution >= 0.6 is 0 Å². The first-order chi connectivity index (χ1) is 22.6. The normalized spacial score (nSPS) is 14.7. The molecule has 0 unspecified atom stereocenters. The van der Waals surface area contributed by atoms with Crippen LogP contribution in [0.5, 0.6) is 0 Å². The SMILES string of the molecule is Cn1nc(-c2cccc(N3CCc4cc(C(C)(C)C#N)ccc4C3=O)c2C=O)cc(Nc2ccc(C(=O)N3CCOCC3)cn2)c1=O. The third kappa shape index (κ3) is 6.01. The largest absolute Gasteiger partial charge is 0.378 e. The molecule has 0 atom stereocenters. The summed E-state index contributed by atoms with van der Waals surface area (Å²) in [5, 5.41) is 17.0. The highest BCUT2D eigenvalue weighted by atomic mass is 16.5. The molecule has 6 rings (SSSR count). The van der Waals surface area contributed by atoms with E-state index in [2.05, 4.69) is 21.5 Å². The number of anilines is 3. The van der Waals surface area contributed by atoms with E-state index in [0.717, 1.165) is 15.8 Å². The van der Waals surface area contributed by atoms with Crippen LogP contribution in [0.2, 0.25) is 0 Å². The molecule has 2 aromatic carbocycles. The molecule has 47 heavy (non-hydrogen) atoms. The summed E-state index contributed by atoms with van der Waals surface area (Å²) >= 11 is 0. The van der Waals surface area contributed by atoms with Crippen molar-refractivity contribution < 1.29 is 19.1 Å². The van der Waals surface area contributed by atoms with E-state index in [-0.39, 0.29) is 23.1 Å². The number of carbonyl (C=O) groups is 3. The molecule has 238 valence electrons. The second-order valence-corrected chi connectivity index (χ2v) is 12.0. The van der Waals surface area contributed by atoms with Crippen molar-refractivity contribution in [3.05, 3.63) is 99.0 Å². The number of aryl methyl sites for hydroxylation is 1. The fourth-order valence-electron chi connectivity index (χ4n) is 5.82. The third-order valence-electron chi connectivity index (χ3n) is 8.59. The van der Waals surface area contributed by atoms with Crippen molar-refractivity contribution in [2.24, 2.45) is 7.05 Å². The lowest BCUT2D eigenvalue weighted by Crippen LogP contribution is -2.40. The van der Waals surface area contributed by atoms with Gasteiger partial charge in [0, 0.05) is 49.6 Å². The maximum atomic E-state index is 13.7. The van der Waals surface area contributed by atoms with Crippen molar-refractivity contribution >= 4 is 35.3 Å². The molecule has 1 N–H and O–H groups in total. The van der Waals surface area contributed by atoms with Crippen LogP contribution in [0.1, 0.15) is 56.0 Å². The molecule has 1 fully saturated rings. The van der Waals surface area contributed by atoms with Gasteiger partial charge in [0.2, 0.25) is 0 Å². The molecular weight excluding hydrogens is 598 g/mol. The van der Waals surface area contributed by atoms with Gasteiger partial charge in [-0.05, 0) is 61.7 Å². The molecule has 2 aliphatic rings. The fourth-order valence-corrected chi connectivity index (χ4v) is 5.82. The Hall–Kier alpha value is -5.67. The van der Waals surface area contributed by atoms with E-state index < -0.39 is 11.0 Å². The van der Waals surface area contributed by atoms with Gasteiger partial charge in [0.25, 0.3) is 17.4 Å². The van der Waals surface area contributed by atoms with Gasteiger partial charge in [0.15, 0.2) is 6.29 Å². The van der Waals surface area contributed by atoms with Crippen molar-refractivity contribution in [3.63, 3.8) is 0 Å². The number of aromatic nitrogens is 3. The molecule has 4 heterocycles. The van der Waals surface area contributed by atoms with Crippen molar-refractivity contribution in [3.8, 4) is 17.3 Å². The van der Waals surface area contributed by atoms with Crippen LogP contribution in [0.15, 0.2) is 65.6 Å². The molecule has 1 saturated heterocycles. The number of amides is 2. The fraction of sp³-hybridized carbons (Fsp3) is 0.286. The van der Waals surface area contributed by atoms with Crippen LogP contribution in [0.3, 0.4) is 0 Å². The maximum Gasteiger partial charge on any atom is 0.290 e. The number of hydrogen-bond acceptors (Lipinski definition) is 9. The van der Waals surface area contributed by atoms with Gasteiger partial charge >= 0.3 is 0 Å². The second-order valence-electron chi connectivity index (χ2n) is 12.0. The summed E-state index contributed by atoms with van der Waals surface area (Å²) in [6.07, 6.45) is 2.70. The van der Waals surface area contributed by atoms with E-state index >= 15 is 0 Å². The Bertz CT molecular complexity index is 1990. The number of rotatable bonds is 7. The Labute approximate surface area is 271 Å². The number of benzene rings is 2. The number of ether oxygens (including phenoxy) is 1. The molecule has 12 heteroatoms. The third-order valence-corrected chi connectivity index (χ3v) is 8.59. The number of nitriles is 1. The summed E-state index contributed by atoms with van der Waals surface area (Å²) < 4.78 is 6.48. The molecule has 2 aliphatic heterocycles. The first kappa shape index (κ1) is 31.3. The molecule has 12 nitrogen and oxygen atoms in total. The molecule has 0 aliphatic carbocycles. The average Bonchev–Trinajstić information content (AvgIpc) is 3.10. The molecule has 0 radical (unpaired) electrons.